The SMILES string of the molecule is CN1CCNC(C(=O)N(C)c2ccccn2)C1. The topological polar surface area (TPSA) is 48.5 Å². The molecule has 2 rings (SSSR count). The summed E-state index contributed by atoms with van der Waals surface area (Å²) in [5.74, 6) is 0.753. The molecule has 0 aliphatic carbocycles. The van der Waals surface area contributed by atoms with Gasteiger partial charge in [-0.2, -0.15) is 0 Å². The number of carbonyl (C=O) groups excluding carboxylic acids is 1. The number of nitrogens with one attached hydrogen (secondary N) is 1. The van der Waals surface area contributed by atoms with Gasteiger partial charge in [0.15, 0.2) is 0 Å². The van der Waals surface area contributed by atoms with Crippen LogP contribution in [0.15, 0.2) is 24.4 Å². The highest BCUT2D eigenvalue weighted by Crippen LogP contribution is 2.09. The van der Waals surface area contributed by atoms with Crippen LogP contribution in [0.4, 0.5) is 5.82 Å². The highest BCUT2D eigenvalue weighted by Gasteiger charge is 2.26. The summed E-state index contributed by atoms with van der Waals surface area (Å²) in [6, 6.07) is 5.42. The van der Waals surface area contributed by atoms with Gasteiger partial charge in [-0.1, -0.05) is 6.07 Å². The predicted octanol–water partition coefficient (Wildman–Crippen LogP) is -0.0520. The van der Waals surface area contributed by atoms with Crippen LogP contribution >= 0.6 is 0 Å². The van der Waals surface area contributed by atoms with Crippen molar-refractivity contribution in [2.75, 3.05) is 38.6 Å². The lowest BCUT2D eigenvalue weighted by molar-refractivity contribution is -0.121. The Bertz CT molecular complexity index is 381. The van der Waals surface area contributed by atoms with Gasteiger partial charge in [0.2, 0.25) is 5.91 Å². The van der Waals surface area contributed by atoms with E-state index >= 15 is 0 Å². The number of anilines is 1. The summed E-state index contributed by atoms with van der Waals surface area (Å²) in [6.07, 6.45) is 1.69. The Kier molecular flexibility index (Phi) is 3.71. The second kappa shape index (κ2) is 5.25. The van der Waals surface area contributed by atoms with E-state index in [1.54, 1.807) is 18.1 Å². The Hall–Kier alpha value is -1.46. The van der Waals surface area contributed by atoms with E-state index in [1.165, 1.54) is 0 Å². The third-order valence-corrected chi connectivity index (χ3v) is 3.00. The summed E-state index contributed by atoms with van der Waals surface area (Å²) in [7, 11) is 3.79. The maximum Gasteiger partial charge on any atom is 0.246 e. The fourth-order valence-corrected chi connectivity index (χ4v) is 1.96. The second-order valence-electron chi connectivity index (χ2n) is 4.35. The van der Waals surface area contributed by atoms with Gasteiger partial charge in [-0.25, -0.2) is 4.98 Å². The fourth-order valence-electron chi connectivity index (χ4n) is 1.96. The molecule has 0 spiro atoms. The van der Waals surface area contributed by atoms with Crippen LogP contribution in [0.5, 0.6) is 0 Å². The molecule has 0 radical (unpaired) electrons. The predicted molar refractivity (Wildman–Crippen MR) is 66.9 cm³/mol. The molecule has 5 nitrogen and oxygen atoms in total. The van der Waals surface area contributed by atoms with Crippen molar-refractivity contribution in [2.45, 2.75) is 6.04 Å². The molecule has 1 atom stereocenters. The summed E-state index contributed by atoms with van der Waals surface area (Å²) < 4.78 is 0. The van der Waals surface area contributed by atoms with Gasteiger partial charge in [-0.05, 0) is 19.2 Å². The van der Waals surface area contributed by atoms with Crippen molar-refractivity contribution in [1.29, 1.82) is 0 Å². The third-order valence-electron chi connectivity index (χ3n) is 3.00. The van der Waals surface area contributed by atoms with Crippen molar-refractivity contribution in [1.82, 2.24) is 15.2 Å². The maximum absolute atomic E-state index is 12.2. The minimum Gasteiger partial charge on any atom is -0.304 e. The van der Waals surface area contributed by atoms with Crippen LogP contribution in [0.25, 0.3) is 0 Å². The zero-order chi connectivity index (χ0) is 12.3. The number of hydrogen-bond acceptors (Lipinski definition) is 4. The van der Waals surface area contributed by atoms with Crippen LogP contribution in [-0.4, -0.2) is 55.6 Å². The summed E-state index contributed by atoms with van der Waals surface area (Å²) in [4.78, 5) is 20.2. The molecule has 2 heterocycles. The van der Waals surface area contributed by atoms with Crippen molar-refractivity contribution in [2.24, 2.45) is 0 Å². The zero-order valence-electron chi connectivity index (χ0n) is 10.3. The first-order valence-corrected chi connectivity index (χ1v) is 5.79. The molecular formula is C12H18N4O. The van der Waals surface area contributed by atoms with E-state index in [-0.39, 0.29) is 11.9 Å². The molecule has 0 aromatic carbocycles. The van der Waals surface area contributed by atoms with Crippen molar-refractivity contribution in [3.05, 3.63) is 24.4 Å². The monoisotopic (exact) mass is 234 g/mol. The van der Waals surface area contributed by atoms with Crippen molar-refractivity contribution < 1.29 is 4.79 Å². The first-order chi connectivity index (χ1) is 8.18. The number of nitrogens with zero attached hydrogens (tertiary/aromatic N) is 3. The van der Waals surface area contributed by atoms with Gasteiger partial charge in [-0.3, -0.25) is 9.69 Å². The lowest BCUT2D eigenvalue weighted by atomic mass is 10.2. The standard InChI is InChI=1S/C12H18N4O/c1-15-8-7-13-10(9-15)12(17)16(2)11-5-3-4-6-14-11/h3-6,10,13H,7-9H2,1-2H3. The van der Waals surface area contributed by atoms with Gasteiger partial charge < -0.3 is 10.2 Å². The number of aromatic nitrogens is 1. The largest absolute Gasteiger partial charge is 0.304 e. The Morgan fingerprint density at radius 1 is 1.59 bits per heavy atom. The normalized spacial score (nSPS) is 21.2. The molecule has 1 aliphatic rings. The molecule has 92 valence electrons. The second-order valence-corrected chi connectivity index (χ2v) is 4.35. The molecular weight excluding hydrogens is 216 g/mol. The van der Waals surface area contributed by atoms with Crippen LogP contribution in [0.3, 0.4) is 0 Å². The Morgan fingerprint density at radius 2 is 2.41 bits per heavy atom. The summed E-state index contributed by atoms with van der Waals surface area (Å²) in [6.45, 7) is 2.58. The molecule has 1 aromatic heterocycles. The van der Waals surface area contributed by atoms with Gasteiger partial charge in [0, 0.05) is 32.9 Å². The van der Waals surface area contributed by atoms with Crippen molar-refractivity contribution in [3.63, 3.8) is 0 Å². The van der Waals surface area contributed by atoms with Crippen LogP contribution < -0.4 is 10.2 Å². The molecule has 1 saturated heterocycles. The Morgan fingerprint density at radius 3 is 3.06 bits per heavy atom. The van der Waals surface area contributed by atoms with E-state index in [0.29, 0.717) is 5.82 Å². The molecule has 17 heavy (non-hydrogen) atoms. The Balaban J connectivity index is 2.04. The first kappa shape index (κ1) is 12.0. The lowest BCUT2D eigenvalue weighted by Gasteiger charge is -2.32. The molecule has 1 aliphatic heterocycles. The molecule has 1 fully saturated rings. The number of carbonyl (C=O) groups is 1. The van der Waals surface area contributed by atoms with E-state index < -0.39 is 0 Å². The van der Waals surface area contributed by atoms with Crippen LogP contribution in [-0.2, 0) is 4.79 Å². The number of pyridine rings is 1. The van der Waals surface area contributed by atoms with Gasteiger partial charge in [0.25, 0.3) is 0 Å². The molecule has 1 amide bonds. The molecule has 0 bridgehead atoms. The van der Waals surface area contributed by atoms with E-state index in [1.807, 2.05) is 25.2 Å². The number of amides is 1. The molecule has 1 N–H and O–H groups in total. The van der Waals surface area contributed by atoms with Crippen LogP contribution in [0.2, 0.25) is 0 Å². The smallest absolute Gasteiger partial charge is 0.246 e. The van der Waals surface area contributed by atoms with Crippen molar-refractivity contribution in [3.8, 4) is 0 Å². The van der Waals surface area contributed by atoms with E-state index in [4.69, 9.17) is 0 Å². The lowest BCUT2D eigenvalue weighted by Crippen LogP contribution is -2.56. The average Bonchev–Trinajstić information content (AvgIpc) is 2.38. The summed E-state index contributed by atoms with van der Waals surface area (Å²) in [5.41, 5.74) is 0. The average molecular weight is 234 g/mol. The quantitative estimate of drug-likeness (QED) is 0.779. The zero-order valence-corrected chi connectivity index (χ0v) is 10.3. The van der Waals surface area contributed by atoms with Crippen LogP contribution in [0, 0.1) is 0 Å². The third kappa shape index (κ3) is 2.81. The summed E-state index contributed by atoms with van der Waals surface area (Å²) in [5, 5.41) is 3.24. The molecule has 5 heteroatoms. The minimum absolute atomic E-state index is 0.0650. The maximum atomic E-state index is 12.2. The van der Waals surface area contributed by atoms with E-state index in [9.17, 15) is 4.79 Å². The van der Waals surface area contributed by atoms with Gasteiger partial charge in [0.05, 0.1) is 0 Å². The number of rotatable bonds is 2. The highest BCUT2D eigenvalue weighted by atomic mass is 16.2. The van der Waals surface area contributed by atoms with Gasteiger partial charge >= 0.3 is 0 Å². The van der Waals surface area contributed by atoms with Gasteiger partial charge in [0.1, 0.15) is 11.9 Å². The number of piperazine rings is 1. The molecule has 1 aromatic rings. The molecule has 1 unspecified atom stereocenters. The van der Waals surface area contributed by atoms with Gasteiger partial charge in [-0.15, -0.1) is 0 Å². The van der Waals surface area contributed by atoms with Crippen LogP contribution in [0.1, 0.15) is 0 Å². The summed E-state index contributed by atoms with van der Waals surface area (Å²) >= 11 is 0. The fraction of sp³-hybridized carbons (Fsp3) is 0.500. The highest BCUT2D eigenvalue weighted by molar-refractivity contribution is 5.96. The minimum atomic E-state index is -0.138. The first-order valence-electron chi connectivity index (χ1n) is 5.79. The number of likely N-dealkylation sites (N-methyl/N-ethyl adjacent to an activating group) is 2. The van der Waals surface area contributed by atoms with Crippen molar-refractivity contribution >= 4 is 11.7 Å². The molecule has 0 saturated carbocycles. The Labute approximate surface area is 101 Å². The number of hydrogen-bond donors (Lipinski definition) is 1. The van der Waals surface area contributed by atoms with E-state index in [2.05, 4.69) is 15.2 Å². The van der Waals surface area contributed by atoms with E-state index in [0.717, 1.165) is 19.6 Å².